The van der Waals surface area contributed by atoms with Crippen LogP contribution in [0.5, 0.6) is 0 Å². The Morgan fingerprint density at radius 1 is 1.38 bits per heavy atom. The van der Waals surface area contributed by atoms with Gasteiger partial charge < -0.3 is 9.47 Å². The molecule has 0 radical (unpaired) electrons. The zero-order chi connectivity index (χ0) is 11.6. The fourth-order valence-corrected chi connectivity index (χ4v) is 1.55. The van der Waals surface area contributed by atoms with Gasteiger partial charge in [0.15, 0.2) is 0 Å². The third-order valence-corrected chi connectivity index (χ3v) is 2.74. The van der Waals surface area contributed by atoms with Crippen molar-refractivity contribution in [2.24, 2.45) is 5.41 Å². The number of aryl methyl sites for hydroxylation is 1. The van der Waals surface area contributed by atoms with Crippen molar-refractivity contribution < 1.29 is 14.3 Å². The molecule has 0 N–H and O–H groups in total. The Kier molecular flexibility index (Phi) is 2.97. The lowest BCUT2D eigenvalue weighted by molar-refractivity contribution is -0.127. The van der Waals surface area contributed by atoms with Crippen molar-refractivity contribution >= 4 is 5.97 Å². The number of carbonyl (C=O) groups is 1. The van der Waals surface area contributed by atoms with Gasteiger partial charge in [-0.15, -0.1) is 0 Å². The summed E-state index contributed by atoms with van der Waals surface area (Å²) in [4.78, 5) is 11.7. The number of ether oxygens (including phenoxy) is 2. The Bertz CT molecular complexity index is 377. The Morgan fingerprint density at radius 2 is 2.00 bits per heavy atom. The fraction of sp³-hybridized carbons (Fsp3) is 0.462. The third kappa shape index (κ3) is 2.42. The molecule has 16 heavy (non-hydrogen) atoms. The molecule has 0 spiro atoms. The first-order chi connectivity index (χ1) is 7.59. The molecule has 1 aliphatic rings. The highest BCUT2D eigenvalue weighted by Crippen LogP contribution is 2.26. The largest absolute Gasteiger partial charge is 0.461 e. The van der Waals surface area contributed by atoms with E-state index in [0.29, 0.717) is 25.4 Å². The van der Waals surface area contributed by atoms with Gasteiger partial charge in [-0.25, -0.2) is 4.79 Å². The highest BCUT2D eigenvalue weighted by molar-refractivity contribution is 5.89. The molecular formula is C13H16O3. The highest BCUT2D eigenvalue weighted by Gasteiger charge is 2.34. The van der Waals surface area contributed by atoms with Crippen molar-refractivity contribution in [1.29, 1.82) is 0 Å². The zero-order valence-corrected chi connectivity index (χ0v) is 9.66. The van der Waals surface area contributed by atoms with Crippen LogP contribution in [0.15, 0.2) is 24.3 Å². The second-order valence-electron chi connectivity index (χ2n) is 4.75. The number of carbonyl (C=O) groups excluding carboxylic acids is 1. The second-order valence-corrected chi connectivity index (χ2v) is 4.75. The Morgan fingerprint density at radius 3 is 2.50 bits per heavy atom. The highest BCUT2D eigenvalue weighted by atomic mass is 16.5. The molecule has 0 bridgehead atoms. The number of hydrogen-bond acceptors (Lipinski definition) is 3. The van der Waals surface area contributed by atoms with Crippen LogP contribution in [0, 0.1) is 12.3 Å². The normalized spacial score (nSPS) is 17.6. The lowest BCUT2D eigenvalue weighted by atomic mass is 9.90. The average Bonchev–Trinajstić information content (AvgIpc) is 2.24. The monoisotopic (exact) mass is 220 g/mol. The van der Waals surface area contributed by atoms with Crippen molar-refractivity contribution in [3.8, 4) is 0 Å². The fourth-order valence-electron chi connectivity index (χ4n) is 1.55. The topological polar surface area (TPSA) is 35.5 Å². The third-order valence-electron chi connectivity index (χ3n) is 2.74. The van der Waals surface area contributed by atoms with E-state index in [9.17, 15) is 4.79 Å². The van der Waals surface area contributed by atoms with Gasteiger partial charge >= 0.3 is 5.97 Å². The van der Waals surface area contributed by atoms with Gasteiger partial charge in [0.2, 0.25) is 0 Å². The van der Waals surface area contributed by atoms with Gasteiger partial charge in [0.05, 0.1) is 18.8 Å². The van der Waals surface area contributed by atoms with E-state index < -0.39 is 0 Å². The molecule has 86 valence electrons. The van der Waals surface area contributed by atoms with Crippen molar-refractivity contribution in [3.63, 3.8) is 0 Å². The summed E-state index contributed by atoms with van der Waals surface area (Å²) in [6.07, 6.45) is 0. The molecule has 0 aliphatic carbocycles. The minimum Gasteiger partial charge on any atom is -0.461 e. The first-order valence-corrected chi connectivity index (χ1v) is 5.41. The van der Waals surface area contributed by atoms with Gasteiger partial charge in [-0.05, 0) is 19.1 Å². The van der Waals surface area contributed by atoms with Crippen LogP contribution in [0.1, 0.15) is 22.8 Å². The summed E-state index contributed by atoms with van der Waals surface area (Å²) in [7, 11) is 0. The van der Waals surface area contributed by atoms with Crippen LogP contribution in [0.3, 0.4) is 0 Å². The molecule has 3 nitrogen and oxygen atoms in total. The van der Waals surface area contributed by atoms with Gasteiger partial charge in [0, 0.05) is 5.41 Å². The smallest absolute Gasteiger partial charge is 0.338 e. The molecule has 1 aromatic rings. The predicted molar refractivity (Wildman–Crippen MR) is 60.4 cm³/mol. The molecule has 1 saturated heterocycles. The average molecular weight is 220 g/mol. The minimum absolute atomic E-state index is 0.0142. The van der Waals surface area contributed by atoms with Crippen LogP contribution in [-0.2, 0) is 9.47 Å². The molecule has 1 aliphatic heterocycles. The van der Waals surface area contributed by atoms with Gasteiger partial charge in [-0.1, -0.05) is 24.6 Å². The number of hydrogen-bond donors (Lipinski definition) is 0. The lowest BCUT2D eigenvalue weighted by Crippen LogP contribution is -2.44. The standard InChI is InChI=1S/C13H16O3/c1-10-3-5-11(6-4-10)12(14)16-9-13(2)7-15-8-13/h3-6H,7-9H2,1-2H3. The molecule has 1 aromatic carbocycles. The van der Waals surface area contributed by atoms with Gasteiger partial charge in [-0.2, -0.15) is 0 Å². The minimum atomic E-state index is -0.256. The van der Waals surface area contributed by atoms with E-state index >= 15 is 0 Å². The predicted octanol–water partition coefficient (Wildman–Crippen LogP) is 2.19. The van der Waals surface area contributed by atoms with E-state index in [2.05, 4.69) is 6.92 Å². The van der Waals surface area contributed by atoms with E-state index in [4.69, 9.17) is 9.47 Å². The summed E-state index contributed by atoms with van der Waals surface area (Å²) < 4.78 is 10.4. The van der Waals surface area contributed by atoms with Crippen LogP contribution in [0.25, 0.3) is 0 Å². The number of rotatable bonds is 3. The molecule has 0 atom stereocenters. The van der Waals surface area contributed by atoms with E-state index in [1.807, 2.05) is 19.1 Å². The quantitative estimate of drug-likeness (QED) is 0.732. The van der Waals surface area contributed by atoms with Gasteiger partial charge in [0.1, 0.15) is 6.61 Å². The molecule has 1 fully saturated rings. The van der Waals surface area contributed by atoms with Crippen LogP contribution >= 0.6 is 0 Å². The van der Waals surface area contributed by atoms with Crippen molar-refractivity contribution in [3.05, 3.63) is 35.4 Å². The lowest BCUT2D eigenvalue weighted by Gasteiger charge is -2.37. The summed E-state index contributed by atoms with van der Waals surface area (Å²) in [5.74, 6) is -0.256. The van der Waals surface area contributed by atoms with Gasteiger partial charge in [-0.3, -0.25) is 0 Å². The second kappa shape index (κ2) is 4.26. The maximum atomic E-state index is 11.7. The zero-order valence-electron chi connectivity index (χ0n) is 9.66. The summed E-state index contributed by atoms with van der Waals surface area (Å²) in [5, 5.41) is 0. The molecule has 0 unspecified atom stereocenters. The van der Waals surface area contributed by atoms with Crippen LogP contribution in [0.2, 0.25) is 0 Å². The number of benzene rings is 1. The maximum absolute atomic E-state index is 11.7. The molecule has 2 rings (SSSR count). The van der Waals surface area contributed by atoms with E-state index in [0.717, 1.165) is 5.56 Å². The molecule has 0 saturated carbocycles. The first-order valence-electron chi connectivity index (χ1n) is 5.41. The Hall–Kier alpha value is -1.35. The molecule has 0 aromatic heterocycles. The van der Waals surface area contributed by atoms with Crippen LogP contribution in [0.4, 0.5) is 0 Å². The molecule has 3 heteroatoms. The van der Waals surface area contributed by atoms with Gasteiger partial charge in [0.25, 0.3) is 0 Å². The van der Waals surface area contributed by atoms with E-state index in [1.54, 1.807) is 12.1 Å². The first kappa shape index (κ1) is 11.1. The molecule has 1 heterocycles. The summed E-state index contributed by atoms with van der Waals surface area (Å²) in [6.45, 7) is 5.82. The summed E-state index contributed by atoms with van der Waals surface area (Å²) in [6, 6.07) is 7.39. The summed E-state index contributed by atoms with van der Waals surface area (Å²) in [5.41, 5.74) is 1.76. The maximum Gasteiger partial charge on any atom is 0.338 e. The van der Waals surface area contributed by atoms with Crippen LogP contribution < -0.4 is 0 Å². The Balaban J connectivity index is 1.90. The molecular weight excluding hydrogens is 204 g/mol. The SMILES string of the molecule is Cc1ccc(C(=O)OCC2(C)COC2)cc1. The van der Waals surface area contributed by atoms with Crippen molar-refractivity contribution in [1.82, 2.24) is 0 Å². The Labute approximate surface area is 95.4 Å². The van der Waals surface area contributed by atoms with E-state index in [-0.39, 0.29) is 11.4 Å². The number of esters is 1. The molecule has 0 amide bonds. The van der Waals surface area contributed by atoms with Crippen LogP contribution in [-0.4, -0.2) is 25.8 Å². The summed E-state index contributed by atoms with van der Waals surface area (Å²) >= 11 is 0. The van der Waals surface area contributed by atoms with Crippen molar-refractivity contribution in [2.75, 3.05) is 19.8 Å². The van der Waals surface area contributed by atoms with E-state index in [1.165, 1.54) is 0 Å². The van der Waals surface area contributed by atoms with Crippen molar-refractivity contribution in [2.45, 2.75) is 13.8 Å².